The molecule has 4 heteroatoms. The van der Waals surface area contributed by atoms with Crippen LogP contribution in [0.2, 0.25) is 0 Å². The summed E-state index contributed by atoms with van der Waals surface area (Å²) in [5.74, 6) is 0.610. The first kappa shape index (κ1) is 15.6. The van der Waals surface area contributed by atoms with E-state index in [1.165, 1.54) is 0 Å². The number of amides is 1. The van der Waals surface area contributed by atoms with Gasteiger partial charge in [0.25, 0.3) is 5.91 Å². The lowest BCUT2D eigenvalue weighted by molar-refractivity contribution is -0.118. The topological polar surface area (TPSA) is 38.3 Å². The molecule has 110 valence electrons. The quantitative estimate of drug-likeness (QED) is 0.890. The van der Waals surface area contributed by atoms with Gasteiger partial charge >= 0.3 is 0 Å². The first-order chi connectivity index (χ1) is 9.97. The van der Waals surface area contributed by atoms with Crippen molar-refractivity contribution >= 4 is 27.5 Å². The van der Waals surface area contributed by atoms with Crippen molar-refractivity contribution in [2.45, 2.75) is 20.8 Å². The van der Waals surface area contributed by atoms with E-state index < -0.39 is 0 Å². The lowest BCUT2D eigenvalue weighted by atomic mass is 10.1. The zero-order chi connectivity index (χ0) is 15.4. The first-order valence-corrected chi connectivity index (χ1v) is 7.51. The highest BCUT2D eigenvalue weighted by molar-refractivity contribution is 9.10. The average Bonchev–Trinajstić information content (AvgIpc) is 2.42. The molecule has 0 spiro atoms. The average molecular weight is 348 g/mol. The van der Waals surface area contributed by atoms with E-state index in [4.69, 9.17) is 4.74 Å². The van der Waals surface area contributed by atoms with Crippen molar-refractivity contribution in [1.82, 2.24) is 0 Å². The smallest absolute Gasteiger partial charge is 0.262 e. The Morgan fingerprint density at radius 3 is 2.38 bits per heavy atom. The molecule has 0 saturated heterocycles. The van der Waals surface area contributed by atoms with Crippen LogP contribution in [-0.4, -0.2) is 12.5 Å². The van der Waals surface area contributed by atoms with E-state index >= 15 is 0 Å². The van der Waals surface area contributed by atoms with Gasteiger partial charge in [0.1, 0.15) is 5.75 Å². The van der Waals surface area contributed by atoms with Gasteiger partial charge in [0.05, 0.1) is 0 Å². The number of para-hydroxylation sites is 1. The van der Waals surface area contributed by atoms with Crippen molar-refractivity contribution in [3.8, 4) is 5.75 Å². The zero-order valence-corrected chi connectivity index (χ0v) is 14.0. The Hall–Kier alpha value is -1.81. The number of halogens is 1. The molecule has 0 aromatic heterocycles. The summed E-state index contributed by atoms with van der Waals surface area (Å²) in [6.45, 7) is 5.92. The third-order valence-electron chi connectivity index (χ3n) is 3.20. The van der Waals surface area contributed by atoms with E-state index in [-0.39, 0.29) is 12.5 Å². The van der Waals surface area contributed by atoms with Crippen molar-refractivity contribution < 1.29 is 9.53 Å². The molecule has 2 aromatic carbocycles. The molecule has 0 aliphatic heterocycles. The molecule has 0 unspecified atom stereocenters. The van der Waals surface area contributed by atoms with Gasteiger partial charge in [-0.05, 0) is 55.7 Å². The minimum atomic E-state index is -0.167. The van der Waals surface area contributed by atoms with Crippen molar-refractivity contribution in [2.24, 2.45) is 0 Å². The number of anilines is 1. The van der Waals surface area contributed by atoms with E-state index in [0.717, 1.165) is 32.6 Å². The molecule has 0 bridgehead atoms. The molecule has 0 saturated carbocycles. The SMILES string of the molecule is Cc1cc(NC(=O)COc2c(C)cccc2C)ccc1Br. The number of hydrogen-bond donors (Lipinski definition) is 1. The third-order valence-corrected chi connectivity index (χ3v) is 4.09. The molecule has 0 fully saturated rings. The molecule has 2 aromatic rings. The molecule has 1 N–H and O–H groups in total. The Morgan fingerprint density at radius 1 is 1.10 bits per heavy atom. The maximum absolute atomic E-state index is 12.0. The van der Waals surface area contributed by atoms with E-state index in [1.807, 2.05) is 57.2 Å². The predicted octanol–water partition coefficient (Wildman–Crippen LogP) is 4.39. The highest BCUT2D eigenvalue weighted by Gasteiger charge is 2.08. The summed E-state index contributed by atoms with van der Waals surface area (Å²) in [4.78, 5) is 12.0. The van der Waals surface area contributed by atoms with Gasteiger partial charge in [-0.2, -0.15) is 0 Å². The highest BCUT2D eigenvalue weighted by atomic mass is 79.9. The van der Waals surface area contributed by atoms with E-state index in [9.17, 15) is 4.79 Å². The van der Waals surface area contributed by atoms with Crippen LogP contribution in [0.5, 0.6) is 5.75 Å². The lowest BCUT2D eigenvalue weighted by Gasteiger charge is -2.12. The minimum Gasteiger partial charge on any atom is -0.483 e. The first-order valence-electron chi connectivity index (χ1n) is 6.72. The Kier molecular flexibility index (Phi) is 5.02. The van der Waals surface area contributed by atoms with Gasteiger partial charge in [-0.25, -0.2) is 0 Å². The summed E-state index contributed by atoms with van der Waals surface area (Å²) in [5, 5.41) is 2.83. The van der Waals surface area contributed by atoms with Crippen LogP contribution >= 0.6 is 15.9 Å². The molecule has 0 atom stereocenters. The second-order valence-electron chi connectivity index (χ2n) is 5.02. The number of rotatable bonds is 4. The van der Waals surface area contributed by atoms with Gasteiger partial charge in [0.2, 0.25) is 0 Å². The fraction of sp³-hybridized carbons (Fsp3) is 0.235. The van der Waals surface area contributed by atoms with Crippen LogP contribution in [0.4, 0.5) is 5.69 Å². The summed E-state index contributed by atoms with van der Waals surface area (Å²) < 4.78 is 6.65. The molecular weight excluding hydrogens is 330 g/mol. The Morgan fingerprint density at radius 2 is 1.76 bits per heavy atom. The predicted molar refractivity (Wildman–Crippen MR) is 88.9 cm³/mol. The Labute approximate surface area is 133 Å². The van der Waals surface area contributed by atoms with Gasteiger partial charge in [-0.1, -0.05) is 34.1 Å². The molecule has 0 aliphatic rings. The molecular formula is C17H18BrNO2. The monoisotopic (exact) mass is 347 g/mol. The fourth-order valence-electron chi connectivity index (χ4n) is 2.08. The molecule has 2 rings (SSSR count). The maximum Gasteiger partial charge on any atom is 0.262 e. The van der Waals surface area contributed by atoms with Crippen LogP contribution in [0.15, 0.2) is 40.9 Å². The van der Waals surface area contributed by atoms with E-state index in [2.05, 4.69) is 21.2 Å². The molecule has 1 amide bonds. The molecule has 0 heterocycles. The number of hydrogen-bond acceptors (Lipinski definition) is 2. The van der Waals surface area contributed by atoms with Gasteiger partial charge in [0.15, 0.2) is 6.61 Å². The van der Waals surface area contributed by atoms with Gasteiger partial charge in [-0.3, -0.25) is 4.79 Å². The largest absolute Gasteiger partial charge is 0.483 e. The van der Waals surface area contributed by atoms with Gasteiger partial charge in [0, 0.05) is 10.2 Å². The number of nitrogens with one attached hydrogen (secondary N) is 1. The summed E-state index contributed by atoms with van der Waals surface area (Å²) in [6, 6.07) is 11.6. The van der Waals surface area contributed by atoms with Crippen LogP contribution in [0, 0.1) is 20.8 Å². The number of ether oxygens (including phenoxy) is 1. The van der Waals surface area contributed by atoms with E-state index in [1.54, 1.807) is 0 Å². The minimum absolute atomic E-state index is 0.000798. The number of carbonyl (C=O) groups is 1. The second-order valence-corrected chi connectivity index (χ2v) is 5.88. The van der Waals surface area contributed by atoms with Crippen LogP contribution in [0.25, 0.3) is 0 Å². The second kappa shape index (κ2) is 6.76. The summed E-state index contributed by atoms with van der Waals surface area (Å²) in [7, 11) is 0. The molecule has 21 heavy (non-hydrogen) atoms. The molecule has 0 aliphatic carbocycles. The lowest BCUT2D eigenvalue weighted by Crippen LogP contribution is -2.20. The van der Waals surface area contributed by atoms with Crippen molar-refractivity contribution in [3.63, 3.8) is 0 Å². The van der Waals surface area contributed by atoms with Crippen molar-refractivity contribution in [3.05, 3.63) is 57.6 Å². The standard InChI is InChI=1S/C17H18BrNO2/c1-11-5-4-6-12(2)17(11)21-10-16(20)19-14-7-8-15(18)13(3)9-14/h4-9H,10H2,1-3H3,(H,19,20). The van der Waals surface area contributed by atoms with E-state index in [0.29, 0.717) is 0 Å². The van der Waals surface area contributed by atoms with Gasteiger partial charge < -0.3 is 10.1 Å². The van der Waals surface area contributed by atoms with Crippen LogP contribution in [-0.2, 0) is 4.79 Å². The molecule has 3 nitrogen and oxygen atoms in total. The molecule has 0 radical (unpaired) electrons. The fourth-order valence-corrected chi connectivity index (χ4v) is 2.33. The maximum atomic E-state index is 12.0. The Bertz CT molecular complexity index is 648. The number of benzene rings is 2. The Balaban J connectivity index is 1.97. The zero-order valence-electron chi connectivity index (χ0n) is 12.4. The van der Waals surface area contributed by atoms with Crippen LogP contribution in [0.3, 0.4) is 0 Å². The van der Waals surface area contributed by atoms with Crippen molar-refractivity contribution in [2.75, 3.05) is 11.9 Å². The van der Waals surface area contributed by atoms with Crippen LogP contribution in [0.1, 0.15) is 16.7 Å². The normalized spacial score (nSPS) is 10.3. The van der Waals surface area contributed by atoms with Crippen molar-refractivity contribution in [1.29, 1.82) is 0 Å². The number of carbonyl (C=O) groups excluding carboxylic acids is 1. The van der Waals surface area contributed by atoms with Gasteiger partial charge in [-0.15, -0.1) is 0 Å². The summed E-state index contributed by atoms with van der Waals surface area (Å²) >= 11 is 3.44. The summed E-state index contributed by atoms with van der Waals surface area (Å²) in [5.41, 5.74) is 3.90. The third kappa shape index (κ3) is 4.08. The van der Waals surface area contributed by atoms with Crippen LogP contribution < -0.4 is 10.1 Å². The highest BCUT2D eigenvalue weighted by Crippen LogP contribution is 2.23. The summed E-state index contributed by atoms with van der Waals surface area (Å²) in [6.07, 6.45) is 0. The number of aryl methyl sites for hydroxylation is 3.